The first-order valence-electron chi connectivity index (χ1n) is 6.97. The van der Waals surface area contributed by atoms with Gasteiger partial charge in [-0.2, -0.15) is 0 Å². The molecule has 3 unspecified atom stereocenters. The molecular weight excluding hydrogens is 243 g/mol. The minimum absolute atomic E-state index is 0.302. The van der Waals surface area contributed by atoms with Gasteiger partial charge >= 0.3 is 0 Å². The van der Waals surface area contributed by atoms with Crippen molar-refractivity contribution in [3.05, 3.63) is 35.1 Å². The lowest BCUT2D eigenvalue weighted by molar-refractivity contribution is -0.134. The molecule has 1 fully saturated rings. The molecular formula is C16H23FO2. The minimum atomic E-state index is -0.769. The van der Waals surface area contributed by atoms with Gasteiger partial charge in [0, 0.05) is 7.11 Å². The van der Waals surface area contributed by atoms with E-state index in [0.717, 1.165) is 24.8 Å². The lowest BCUT2D eigenvalue weighted by Crippen LogP contribution is -2.42. The van der Waals surface area contributed by atoms with Crippen LogP contribution in [0.3, 0.4) is 0 Å². The van der Waals surface area contributed by atoms with E-state index in [1.165, 1.54) is 18.6 Å². The Hall–Kier alpha value is -0.930. The second-order valence-corrected chi connectivity index (χ2v) is 5.93. The molecule has 0 aliphatic heterocycles. The summed E-state index contributed by atoms with van der Waals surface area (Å²) in [4.78, 5) is 0. The number of halogens is 1. The van der Waals surface area contributed by atoms with Crippen LogP contribution in [0.2, 0.25) is 0 Å². The zero-order valence-electron chi connectivity index (χ0n) is 11.9. The van der Waals surface area contributed by atoms with Crippen molar-refractivity contribution in [2.24, 2.45) is 5.92 Å². The van der Waals surface area contributed by atoms with Crippen LogP contribution in [0, 0.1) is 18.7 Å². The van der Waals surface area contributed by atoms with Crippen LogP contribution < -0.4 is 0 Å². The molecule has 1 aliphatic rings. The molecule has 0 bridgehead atoms. The highest BCUT2D eigenvalue weighted by atomic mass is 19.1. The second kappa shape index (κ2) is 5.59. The predicted octanol–water partition coefficient (Wildman–Crippen LogP) is 3.76. The molecule has 3 heteroatoms. The maximum absolute atomic E-state index is 13.5. The van der Waals surface area contributed by atoms with Crippen LogP contribution in [0.5, 0.6) is 0 Å². The standard InChI is InChI=1S/C16H23FO2/c1-11-5-4-6-16(10-11,19-3)15(18)13-7-12(2)8-14(17)9-13/h7-9,11,15,18H,4-6,10H2,1-3H3. The van der Waals surface area contributed by atoms with E-state index in [1.807, 2.05) is 13.0 Å². The van der Waals surface area contributed by atoms with Gasteiger partial charge in [-0.05, 0) is 48.9 Å². The van der Waals surface area contributed by atoms with Gasteiger partial charge in [-0.3, -0.25) is 0 Å². The first-order valence-corrected chi connectivity index (χ1v) is 6.97. The number of aliphatic hydroxyl groups excluding tert-OH is 1. The average Bonchev–Trinajstić information content (AvgIpc) is 2.36. The molecule has 1 N–H and O–H groups in total. The first-order chi connectivity index (χ1) is 8.97. The van der Waals surface area contributed by atoms with Gasteiger partial charge in [0.1, 0.15) is 11.9 Å². The average molecular weight is 266 g/mol. The van der Waals surface area contributed by atoms with E-state index < -0.39 is 11.7 Å². The Bertz CT molecular complexity index is 426. The number of aliphatic hydroxyl groups is 1. The van der Waals surface area contributed by atoms with Gasteiger partial charge in [0.15, 0.2) is 0 Å². The van der Waals surface area contributed by atoms with Gasteiger partial charge in [0.05, 0.1) is 5.60 Å². The molecule has 1 aromatic carbocycles. The van der Waals surface area contributed by atoms with Gasteiger partial charge in [-0.1, -0.05) is 25.8 Å². The van der Waals surface area contributed by atoms with Crippen LogP contribution in [0.15, 0.2) is 18.2 Å². The monoisotopic (exact) mass is 266 g/mol. The van der Waals surface area contributed by atoms with Crippen molar-refractivity contribution in [1.29, 1.82) is 0 Å². The van der Waals surface area contributed by atoms with Gasteiger partial charge in [-0.15, -0.1) is 0 Å². The van der Waals surface area contributed by atoms with Crippen molar-refractivity contribution < 1.29 is 14.2 Å². The molecule has 1 aromatic rings. The number of aryl methyl sites for hydroxylation is 1. The first kappa shape index (κ1) is 14.5. The summed E-state index contributed by atoms with van der Waals surface area (Å²) in [5.74, 6) is 0.224. The normalized spacial score (nSPS) is 29.2. The van der Waals surface area contributed by atoms with E-state index in [0.29, 0.717) is 11.5 Å². The topological polar surface area (TPSA) is 29.5 Å². The summed E-state index contributed by atoms with van der Waals surface area (Å²) in [6.45, 7) is 4.01. The van der Waals surface area contributed by atoms with E-state index in [4.69, 9.17) is 4.74 Å². The lowest BCUT2D eigenvalue weighted by Gasteiger charge is -2.42. The second-order valence-electron chi connectivity index (χ2n) is 5.93. The number of hydrogen-bond acceptors (Lipinski definition) is 2. The molecule has 106 valence electrons. The smallest absolute Gasteiger partial charge is 0.123 e. The van der Waals surface area contributed by atoms with Gasteiger partial charge in [0.2, 0.25) is 0 Å². The van der Waals surface area contributed by atoms with Gasteiger partial charge in [-0.25, -0.2) is 4.39 Å². The molecule has 2 nitrogen and oxygen atoms in total. The maximum Gasteiger partial charge on any atom is 0.123 e. The van der Waals surface area contributed by atoms with Crippen molar-refractivity contribution in [3.8, 4) is 0 Å². The van der Waals surface area contributed by atoms with E-state index >= 15 is 0 Å². The highest BCUT2D eigenvalue weighted by Crippen LogP contribution is 2.43. The highest BCUT2D eigenvalue weighted by Gasteiger charge is 2.42. The molecule has 0 heterocycles. The fourth-order valence-corrected chi connectivity index (χ4v) is 3.32. The molecule has 3 atom stereocenters. The maximum atomic E-state index is 13.5. The van der Waals surface area contributed by atoms with E-state index in [2.05, 4.69) is 6.92 Å². The Labute approximate surface area is 114 Å². The zero-order valence-corrected chi connectivity index (χ0v) is 11.9. The Kier molecular flexibility index (Phi) is 4.26. The number of benzene rings is 1. The molecule has 0 amide bonds. The fourth-order valence-electron chi connectivity index (χ4n) is 3.32. The van der Waals surface area contributed by atoms with Crippen LogP contribution >= 0.6 is 0 Å². The van der Waals surface area contributed by atoms with Crippen LogP contribution in [0.1, 0.15) is 49.8 Å². The Morgan fingerprint density at radius 3 is 2.74 bits per heavy atom. The number of methoxy groups -OCH3 is 1. The third kappa shape index (κ3) is 2.98. The predicted molar refractivity (Wildman–Crippen MR) is 73.5 cm³/mol. The molecule has 1 aliphatic carbocycles. The number of rotatable bonds is 3. The molecule has 0 saturated heterocycles. The van der Waals surface area contributed by atoms with Crippen molar-refractivity contribution in [1.82, 2.24) is 0 Å². The SMILES string of the molecule is COC1(C(O)c2cc(C)cc(F)c2)CCCC(C)C1. The molecule has 19 heavy (non-hydrogen) atoms. The Morgan fingerprint density at radius 2 is 2.16 bits per heavy atom. The summed E-state index contributed by atoms with van der Waals surface area (Å²) >= 11 is 0. The van der Waals surface area contributed by atoms with Crippen molar-refractivity contribution >= 4 is 0 Å². The highest BCUT2D eigenvalue weighted by molar-refractivity contribution is 5.27. The van der Waals surface area contributed by atoms with Crippen LogP contribution in [0.25, 0.3) is 0 Å². The fraction of sp³-hybridized carbons (Fsp3) is 0.625. The minimum Gasteiger partial charge on any atom is -0.385 e. The van der Waals surface area contributed by atoms with Gasteiger partial charge < -0.3 is 9.84 Å². The largest absolute Gasteiger partial charge is 0.385 e. The summed E-state index contributed by atoms with van der Waals surface area (Å²) in [6, 6.07) is 4.73. The number of hydrogen-bond donors (Lipinski definition) is 1. The summed E-state index contributed by atoms with van der Waals surface area (Å²) in [5.41, 5.74) is 0.871. The third-order valence-corrected chi connectivity index (χ3v) is 4.28. The molecule has 0 spiro atoms. The quantitative estimate of drug-likeness (QED) is 0.902. The lowest BCUT2D eigenvalue weighted by atomic mass is 9.74. The summed E-state index contributed by atoms with van der Waals surface area (Å²) in [5, 5.41) is 10.7. The van der Waals surface area contributed by atoms with E-state index in [-0.39, 0.29) is 5.82 Å². The van der Waals surface area contributed by atoms with Crippen molar-refractivity contribution in [2.75, 3.05) is 7.11 Å². The molecule has 1 saturated carbocycles. The van der Waals surface area contributed by atoms with Crippen LogP contribution in [-0.2, 0) is 4.74 Å². The third-order valence-electron chi connectivity index (χ3n) is 4.28. The van der Waals surface area contributed by atoms with E-state index in [1.54, 1.807) is 7.11 Å². The van der Waals surface area contributed by atoms with Crippen LogP contribution in [0.4, 0.5) is 4.39 Å². The Morgan fingerprint density at radius 1 is 1.42 bits per heavy atom. The van der Waals surface area contributed by atoms with E-state index in [9.17, 15) is 9.50 Å². The Balaban J connectivity index is 2.31. The molecule has 2 rings (SSSR count). The zero-order chi connectivity index (χ0) is 14.0. The van der Waals surface area contributed by atoms with Gasteiger partial charge in [0.25, 0.3) is 0 Å². The number of ether oxygens (including phenoxy) is 1. The summed E-state index contributed by atoms with van der Waals surface area (Å²) < 4.78 is 19.2. The molecule has 0 aromatic heterocycles. The molecule has 0 radical (unpaired) electrons. The van der Waals surface area contributed by atoms with Crippen molar-refractivity contribution in [2.45, 2.75) is 51.2 Å². The summed E-state index contributed by atoms with van der Waals surface area (Å²) in [6.07, 6.45) is 3.08. The van der Waals surface area contributed by atoms with Crippen LogP contribution in [-0.4, -0.2) is 17.8 Å². The summed E-state index contributed by atoms with van der Waals surface area (Å²) in [7, 11) is 1.65. The van der Waals surface area contributed by atoms with Crippen molar-refractivity contribution in [3.63, 3.8) is 0 Å².